The fraction of sp³-hybridized carbons (Fsp3) is 0.435. The molecule has 0 aliphatic carbocycles. The monoisotopic (exact) mass is 443 g/mol. The van der Waals surface area contributed by atoms with Gasteiger partial charge in [-0.2, -0.15) is 0 Å². The number of para-hydroxylation sites is 1. The first-order chi connectivity index (χ1) is 15.2. The minimum Gasteiger partial charge on any atom is -0.461 e. The molecule has 2 rings (SSSR count). The van der Waals surface area contributed by atoms with Gasteiger partial charge in [0.25, 0.3) is 0 Å². The molecule has 0 radical (unpaired) electrons. The van der Waals surface area contributed by atoms with Crippen molar-refractivity contribution in [3.05, 3.63) is 36.0 Å². The molecule has 0 aliphatic rings. The number of H-pyrrole nitrogens is 1. The lowest BCUT2D eigenvalue weighted by atomic mass is 10.0. The number of aromatic amines is 1. The van der Waals surface area contributed by atoms with E-state index in [9.17, 15) is 19.2 Å². The van der Waals surface area contributed by atoms with Gasteiger partial charge in [0.05, 0.1) is 12.3 Å². The summed E-state index contributed by atoms with van der Waals surface area (Å²) < 4.78 is 10.8. The first-order valence-electron chi connectivity index (χ1n) is 10.4. The summed E-state index contributed by atoms with van der Waals surface area (Å²) in [5.41, 5.74) is 1.72. The van der Waals surface area contributed by atoms with Crippen molar-refractivity contribution in [2.45, 2.75) is 58.3 Å². The van der Waals surface area contributed by atoms with Gasteiger partial charge in [0.15, 0.2) is 11.6 Å². The summed E-state index contributed by atoms with van der Waals surface area (Å²) >= 11 is 0. The van der Waals surface area contributed by atoms with Crippen LogP contribution < -0.4 is 5.32 Å². The van der Waals surface area contributed by atoms with Gasteiger partial charge in [-0.25, -0.2) is 4.79 Å². The maximum absolute atomic E-state index is 13.0. The van der Waals surface area contributed by atoms with Crippen LogP contribution in [-0.2, 0) is 35.1 Å². The highest BCUT2D eigenvalue weighted by Crippen LogP contribution is 2.20. The van der Waals surface area contributed by atoms with E-state index in [0.717, 1.165) is 16.5 Å². The minimum absolute atomic E-state index is 0.0159. The lowest BCUT2D eigenvalue weighted by molar-refractivity contribution is -0.153. The number of aromatic nitrogens is 1. The molecule has 9 nitrogen and oxygen atoms in total. The Morgan fingerprint density at radius 1 is 1.19 bits per heavy atom. The SMILES string of the molecule is CC(=O)CO[C@@H](Cc1c[nH]c2ccccc12)C(=O)N[C@@H](CCC(=O)C=N)C(=O)OC(C)C. The molecule has 1 aromatic heterocycles. The molecule has 0 saturated carbocycles. The number of benzene rings is 1. The van der Waals surface area contributed by atoms with Gasteiger partial charge in [-0.3, -0.25) is 14.4 Å². The molecular formula is C23H29N3O6. The molecule has 0 saturated heterocycles. The fourth-order valence-corrected chi connectivity index (χ4v) is 3.13. The Morgan fingerprint density at radius 3 is 2.56 bits per heavy atom. The van der Waals surface area contributed by atoms with E-state index >= 15 is 0 Å². The number of carbonyl (C=O) groups excluding carboxylic acids is 4. The Kier molecular flexibility index (Phi) is 9.27. The van der Waals surface area contributed by atoms with Crippen LogP contribution in [0.4, 0.5) is 0 Å². The molecule has 0 bridgehead atoms. The van der Waals surface area contributed by atoms with Crippen molar-refractivity contribution in [2.75, 3.05) is 6.61 Å². The number of hydrogen-bond donors (Lipinski definition) is 3. The largest absolute Gasteiger partial charge is 0.461 e. The van der Waals surface area contributed by atoms with Gasteiger partial charge in [0.2, 0.25) is 5.91 Å². The summed E-state index contributed by atoms with van der Waals surface area (Å²) in [7, 11) is 0. The van der Waals surface area contributed by atoms with Crippen LogP contribution in [0.25, 0.3) is 10.9 Å². The Bertz CT molecular complexity index is 981. The van der Waals surface area contributed by atoms with Gasteiger partial charge in [-0.15, -0.1) is 0 Å². The summed E-state index contributed by atoms with van der Waals surface area (Å²) in [4.78, 5) is 51.6. The van der Waals surface area contributed by atoms with E-state index in [1.807, 2.05) is 24.3 Å². The zero-order valence-corrected chi connectivity index (χ0v) is 18.5. The van der Waals surface area contributed by atoms with Crippen molar-refractivity contribution < 1.29 is 28.7 Å². The third kappa shape index (κ3) is 7.42. The summed E-state index contributed by atoms with van der Waals surface area (Å²) in [6, 6.07) is 6.50. The predicted molar refractivity (Wildman–Crippen MR) is 119 cm³/mol. The Labute approximate surface area is 186 Å². The highest BCUT2D eigenvalue weighted by Gasteiger charge is 2.29. The van der Waals surface area contributed by atoms with Gasteiger partial charge >= 0.3 is 5.97 Å². The molecule has 2 atom stereocenters. The second-order valence-electron chi connectivity index (χ2n) is 7.76. The van der Waals surface area contributed by atoms with Gasteiger partial charge in [-0.1, -0.05) is 18.2 Å². The van der Waals surface area contributed by atoms with Gasteiger partial charge in [0.1, 0.15) is 18.8 Å². The molecule has 3 N–H and O–H groups in total. The van der Waals surface area contributed by atoms with E-state index < -0.39 is 35.9 Å². The van der Waals surface area contributed by atoms with Crippen molar-refractivity contribution in [3.8, 4) is 0 Å². The normalized spacial score (nSPS) is 12.9. The number of hydrogen-bond acceptors (Lipinski definition) is 7. The van der Waals surface area contributed by atoms with Crippen molar-refractivity contribution in [1.29, 1.82) is 5.41 Å². The van der Waals surface area contributed by atoms with Gasteiger partial charge in [-0.05, 0) is 38.8 Å². The van der Waals surface area contributed by atoms with E-state index in [2.05, 4.69) is 10.3 Å². The maximum atomic E-state index is 13.0. The summed E-state index contributed by atoms with van der Waals surface area (Å²) in [6.45, 7) is 4.45. The standard InChI is InChI=1S/C23H29N3O6/c1-14(2)32-23(30)20(9-8-17(28)11-24)26-22(29)21(31-13-15(3)27)10-16-12-25-19-7-5-4-6-18(16)19/h4-7,11-12,14,20-21,24-25H,8-10,13H2,1-3H3,(H,26,29)/t20-,21-/m0/s1. The number of ether oxygens (including phenoxy) is 2. The van der Waals surface area contributed by atoms with E-state index in [4.69, 9.17) is 14.9 Å². The van der Waals surface area contributed by atoms with Crippen LogP contribution in [0.5, 0.6) is 0 Å². The highest BCUT2D eigenvalue weighted by atomic mass is 16.5. The van der Waals surface area contributed by atoms with Gasteiger partial charge in [0, 0.05) is 29.9 Å². The lowest BCUT2D eigenvalue weighted by Gasteiger charge is -2.22. The molecule has 172 valence electrons. The fourth-order valence-electron chi connectivity index (χ4n) is 3.13. The van der Waals surface area contributed by atoms with Crippen LogP contribution in [0.3, 0.4) is 0 Å². The van der Waals surface area contributed by atoms with E-state index in [1.165, 1.54) is 6.92 Å². The molecule has 1 aromatic carbocycles. The number of esters is 1. The zero-order valence-electron chi connectivity index (χ0n) is 18.5. The van der Waals surface area contributed by atoms with Crippen LogP contribution in [0, 0.1) is 5.41 Å². The molecule has 9 heteroatoms. The van der Waals surface area contributed by atoms with Crippen LogP contribution in [0.1, 0.15) is 39.2 Å². The highest BCUT2D eigenvalue weighted by molar-refractivity contribution is 6.26. The summed E-state index contributed by atoms with van der Waals surface area (Å²) in [5.74, 6) is -1.98. The van der Waals surface area contributed by atoms with Crippen LogP contribution in [-0.4, -0.2) is 59.5 Å². The molecule has 0 fully saturated rings. The number of nitrogens with one attached hydrogen (secondary N) is 3. The second kappa shape index (κ2) is 11.9. The molecule has 32 heavy (non-hydrogen) atoms. The number of Topliss-reactive ketones (excluding diaryl/α,β-unsaturated/α-hetero) is 2. The predicted octanol–water partition coefficient (Wildman–Crippen LogP) is 2.12. The quantitative estimate of drug-likeness (QED) is 0.320. The number of ketones is 2. The number of amides is 1. The minimum atomic E-state index is -1.08. The Morgan fingerprint density at radius 2 is 1.91 bits per heavy atom. The van der Waals surface area contributed by atoms with E-state index in [1.54, 1.807) is 20.0 Å². The second-order valence-corrected chi connectivity index (χ2v) is 7.76. The van der Waals surface area contributed by atoms with Crippen molar-refractivity contribution >= 4 is 40.6 Å². The van der Waals surface area contributed by atoms with Crippen LogP contribution in [0.2, 0.25) is 0 Å². The maximum Gasteiger partial charge on any atom is 0.328 e. The zero-order chi connectivity index (χ0) is 23.7. The van der Waals surface area contributed by atoms with E-state index in [0.29, 0.717) is 6.21 Å². The van der Waals surface area contributed by atoms with E-state index in [-0.39, 0.29) is 31.7 Å². The first-order valence-corrected chi connectivity index (χ1v) is 10.4. The molecule has 0 aliphatic heterocycles. The first kappa shape index (κ1) is 24.9. The summed E-state index contributed by atoms with van der Waals surface area (Å²) in [6.07, 6.45) is 1.06. The van der Waals surface area contributed by atoms with Crippen molar-refractivity contribution in [3.63, 3.8) is 0 Å². The van der Waals surface area contributed by atoms with Crippen LogP contribution in [0.15, 0.2) is 30.5 Å². The Balaban J connectivity index is 2.20. The molecular weight excluding hydrogens is 414 g/mol. The molecule has 2 aromatic rings. The molecule has 1 amide bonds. The molecule has 0 unspecified atom stereocenters. The topological polar surface area (TPSA) is 138 Å². The molecule has 0 spiro atoms. The smallest absolute Gasteiger partial charge is 0.328 e. The van der Waals surface area contributed by atoms with Crippen molar-refractivity contribution in [1.82, 2.24) is 10.3 Å². The van der Waals surface area contributed by atoms with Crippen molar-refractivity contribution in [2.24, 2.45) is 0 Å². The number of carbonyl (C=O) groups is 4. The van der Waals surface area contributed by atoms with Crippen LogP contribution >= 0.6 is 0 Å². The number of rotatable bonds is 13. The molecule has 1 heterocycles. The average molecular weight is 444 g/mol. The third-order valence-electron chi connectivity index (χ3n) is 4.65. The summed E-state index contributed by atoms with van der Waals surface area (Å²) in [5, 5.41) is 10.5. The van der Waals surface area contributed by atoms with Gasteiger partial charge < -0.3 is 25.2 Å². The Hall–Kier alpha value is -3.33. The average Bonchev–Trinajstić information content (AvgIpc) is 3.15. The third-order valence-corrected chi connectivity index (χ3v) is 4.65. The number of fused-ring (bicyclic) bond motifs is 1. The lowest BCUT2D eigenvalue weighted by Crippen LogP contribution is -2.48.